The molecule has 1 nitrogen and oxygen atoms in total. The predicted octanol–water partition coefficient (Wildman–Crippen LogP) is 4.26. The zero-order chi connectivity index (χ0) is 11.4. The van der Waals surface area contributed by atoms with E-state index in [1.807, 2.05) is 7.11 Å². The molecule has 0 aromatic carbocycles. The molecule has 1 heteroatoms. The zero-order valence-corrected chi connectivity index (χ0v) is 11.1. The van der Waals surface area contributed by atoms with Gasteiger partial charge in [-0.15, -0.1) is 0 Å². The van der Waals surface area contributed by atoms with E-state index in [2.05, 4.69) is 41.5 Å². The molecule has 0 aromatic rings. The second-order valence-corrected chi connectivity index (χ2v) is 5.24. The lowest BCUT2D eigenvalue weighted by molar-refractivity contribution is -0.138. The summed E-state index contributed by atoms with van der Waals surface area (Å²) in [5.41, 5.74) is 0.294. The van der Waals surface area contributed by atoms with E-state index in [1.54, 1.807) is 0 Å². The first-order valence-corrected chi connectivity index (χ1v) is 5.93. The fourth-order valence-corrected chi connectivity index (χ4v) is 2.69. The summed E-state index contributed by atoms with van der Waals surface area (Å²) in [4.78, 5) is 0. The van der Waals surface area contributed by atoms with Crippen LogP contribution in [0.1, 0.15) is 60.8 Å². The second kappa shape index (κ2) is 5.16. The largest absolute Gasteiger partial charge is 0.377 e. The summed E-state index contributed by atoms with van der Waals surface area (Å²) in [6.45, 7) is 13.7. The summed E-state index contributed by atoms with van der Waals surface area (Å²) in [5.74, 6) is 0.572. The maximum absolute atomic E-state index is 5.90. The van der Waals surface area contributed by atoms with E-state index in [0.717, 1.165) is 6.42 Å². The average molecular weight is 200 g/mol. The second-order valence-electron chi connectivity index (χ2n) is 5.24. The molecule has 0 aromatic heterocycles. The lowest BCUT2D eigenvalue weighted by Crippen LogP contribution is -2.50. The number of rotatable bonds is 6. The first kappa shape index (κ1) is 14.0. The number of methoxy groups -OCH3 is 1. The van der Waals surface area contributed by atoms with Crippen molar-refractivity contribution < 1.29 is 4.74 Å². The van der Waals surface area contributed by atoms with Crippen LogP contribution in [0.5, 0.6) is 0 Å². The molecule has 0 aliphatic rings. The third-order valence-corrected chi connectivity index (χ3v) is 3.95. The van der Waals surface area contributed by atoms with Crippen molar-refractivity contribution in [1.29, 1.82) is 0 Å². The van der Waals surface area contributed by atoms with Gasteiger partial charge in [-0.25, -0.2) is 0 Å². The smallest absolute Gasteiger partial charge is 0.0751 e. The molecule has 0 saturated carbocycles. The number of ether oxygens (including phenoxy) is 1. The van der Waals surface area contributed by atoms with Gasteiger partial charge >= 0.3 is 0 Å². The summed E-state index contributed by atoms with van der Waals surface area (Å²) in [7, 11) is 1.87. The molecule has 1 atom stereocenters. The Morgan fingerprint density at radius 3 is 1.86 bits per heavy atom. The highest BCUT2D eigenvalue weighted by Crippen LogP contribution is 2.45. The van der Waals surface area contributed by atoms with Gasteiger partial charge in [-0.05, 0) is 24.2 Å². The minimum absolute atomic E-state index is 0.0382. The predicted molar refractivity (Wildman–Crippen MR) is 63.6 cm³/mol. The molecule has 0 bridgehead atoms. The monoisotopic (exact) mass is 200 g/mol. The molecule has 0 amide bonds. The van der Waals surface area contributed by atoms with Gasteiger partial charge in [0, 0.05) is 7.11 Å². The van der Waals surface area contributed by atoms with Crippen LogP contribution in [-0.2, 0) is 4.74 Å². The van der Waals surface area contributed by atoms with Gasteiger partial charge < -0.3 is 4.74 Å². The van der Waals surface area contributed by atoms with Crippen molar-refractivity contribution in [3.05, 3.63) is 0 Å². The molecular formula is C13H28O. The molecular weight excluding hydrogens is 172 g/mol. The lowest BCUT2D eigenvalue weighted by Gasteiger charge is -2.48. The Labute approximate surface area is 90.2 Å². The highest BCUT2D eigenvalue weighted by molar-refractivity contribution is 4.96. The molecule has 0 spiro atoms. The Morgan fingerprint density at radius 1 is 1.14 bits per heavy atom. The van der Waals surface area contributed by atoms with Gasteiger partial charge in [0.15, 0.2) is 0 Å². The molecule has 0 rings (SSSR count). The van der Waals surface area contributed by atoms with Crippen molar-refractivity contribution >= 4 is 0 Å². The molecule has 0 aliphatic carbocycles. The fraction of sp³-hybridized carbons (Fsp3) is 1.00. The van der Waals surface area contributed by atoms with Gasteiger partial charge in [-0.3, -0.25) is 0 Å². The SMILES string of the molecule is CCC[C@@](OC)(C(C)C)C(C)(C)CC. The zero-order valence-electron chi connectivity index (χ0n) is 11.1. The molecule has 0 radical (unpaired) electrons. The summed E-state index contributed by atoms with van der Waals surface area (Å²) in [5, 5.41) is 0. The Kier molecular flexibility index (Phi) is 5.14. The Balaban J connectivity index is 5.02. The molecule has 0 unspecified atom stereocenters. The van der Waals surface area contributed by atoms with Crippen molar-refractivity contribution in [3.8, 4) is 0 Å². The molecule has 0 N–H and O–H groups in total. The summed E-state index contributed by atoms with van der Waals surface area (Å²) < 4.78 is 5.90. The minimum atomic E-state index is 0.0382. The lowest BCUT2D eigenvalue weighted by atomic mass is 9.65. The van der Waals surface area contributed by atoms with E-state index in [-0.39, 0.29) is 11.0 Å². The Hall–Kier alpha value is -0.0400. The van der Waals surface area contributed by atoms with Crippen LogP contribution < -0.4 is 0 Å². The van der Waals surface area contributed by atoms with E-state index < -0.39 is 0 Å². The van der Waals surface area contributed by atoms with Crippen molar-refractivity contribution in [2.75, 3.05) is 7.11 Å². The Morgan fingerprint density at radius 2 is 1.64 bits per heavy atom. The summed E-state index contributed by atoms with van der Waals surface area (Å²) in [6, 6.07) is 0. The standard InChI is InChI=1S/C13H28O/c1-8-10-13(14-7,11(3)4)12(5,6)9-2/h11H,8-10H2,1-7H3/t13-/m1/s1. The molecule has 14 heavy (non-hydrogen) atoms. The van der Waals surface area contributed by atoms with E-state index in [1.165, 1.54) is 12.8 Å². The van der Waals surface area contributed by atoms with Gasteiger partial charge in [0.1, 0.15) is 0 Å². The third kappa shape index (κ3) is 2.31. The third-order valence-electron chi connectivity index (χ3n) is 3.95. The van der Waals surface area contributed by atoms with Crippen LogP contribution in [0.25, 0.3) is 0 Å². The molecule has 0 fully saturated rings. The van der Waals surface area contributed by atoms with Crippen LogP contribution >= 0.6 is 0 Å². The minimum Gasteiger partial charge on any atom is -0.377 e. The first-order chi connectivity index (χ1) is 6.38. The topological polar surface area (TPSA) is 9.23 Å². The highest BCUT2D eigenvalue weighted by atomic mass is 16.5. The van der Waals surface area contributed by atoms with Crippen molar-refractivity contribution in [3.63, 3.8) is 0 Å². The van der Waals surface area contributed by atoms with Gasteiger partial charge in [0.2, 0.25) is 0 Å². The molecule has 0 aliphatic heterocycles. The van der Waals surface area contributed by atoms with Crippen molar-refractivity contribution in [1.82, 2.24) is 0 Å². The number of hydrogen-bond donors (Lipinski definition) is 0. The van der Waals surface area contributed by atoms with E-state index >= 15 is 0 Å². The quantitative estimate of drug-likeness (QED) is 0.622. The molecule has 0 saturated heterocycles. The first-order valence-electron chi connectivity index (χ1n) is 5.93. The fourth-order valence-electron chi connectivity index (χ4n) is 2.69. The van der Waals surface area contributed by atoms with Crippen LogP contribution in [0.3, 0.4) is 0 Å². The maximum atomic E-state index is 5.90. The van der Waals surface area contributed by atoms with Gasteiger partial charge in [-0.2, -0.15) is 0 Å². The highest BCUT2D eigenvalue weighted by Gasteiger charge is 2.45. The number of hydrogen-bond acceptors (Lipinski definition) is 1. The summed E-state index contributed by atoms with van der Waals surface area (Å²) in [6.07, 6.45) is 3.51. The summed E-state index contributed by atoms with van der Waals surface area (Å²) >= 11 is 0. The van der Waals surface area contributed by atoms with E-state index in [4.69, 9.17) is 4.74 Å². The van der Waals surface area contributed by atoms with Crippen LogP contribution in [0.2, 0.25) is 0 Å². The van der Waals surface area contributed by atoms with Gasteiger partial charge in [0.25, 0.3) is 0 Å². The van der Waals surface area contributed by atoms with Gasteiger partial charge in [-0.1, -0.05) is 48.0 Å². The van der Waals surface area contributed by atoms with E-state index in [0.29, 0.717) is 5.92 Å². The average Bonchev–Trinajstić information content (AvgIpc) is 2.13. The molecule has 0 heterocycles. The van der Waals surface area contributed by atoms with Crippen molar-refractivity contribution in [2.24, 2.45) is 11.3 Å². The van der Waals surface area contributed by atoms with Crippen LogP contribution in [0.15, 0.2) is 0 Å². The Bertz CT molecular complexity index is 161. The van der Waals surface area contributed by atoms with Gasteiger partial charge in [0.05, 0.1) is 5.60 Å². The molecule has 86 valence electrons. The maximum Gasteiger partial charge on any atom is 0.0751 e. The van der Waals surface area contributed by atoms with Crippen LogP contribution in [0, 0.1) is 11.3 Å². The normalized spacial score (nSPS) is 17.1. The van der Waals surface area contributed by atoms with E-state index in [9.17, 15) is 0 Å². The van der Waals surface area contributed by atoms with Crippen LogP contribution in [0.4, 0.5) is 0 Å². The van der Waals surface area contributed by atoms with Crippen molar-refractivity contribution in [2.45, 2.75) is 66.4 Å². The van der Waals surface area contributed by atoms with Crippen LogP contribution in [-0.4, -0.2) is 12.7 Å².